The lowest BCUT2D eigenvalue weighted by Gasteiger charge is -2.31. The molecule has 27 heavy (non-hydrogen) atoms. The van der Waals surface area contributed by atoms with Crippen molar-refractivity contribution in [3.63, 3.8) is 0 Å². The number of piperidine rings is 1. The summed E-state index contributed by atoms with van der Waals surface area (Å²) in [6.07, 6.45) is 3.43. The molecule has 7 nitrogen and oxygen atoms in total. The Kier molecular flexibility index (Phi) is 4.50. The Morgan fingerprint density at radius 1 is 1.07 bits per heavy atom. The van der Waals surface area contributed by atoms with Crippen LogP contribution in [-0.2, 0) is 17.1 Å². The number of nitrogens with zero attached hydrogens (tertiary/aromatic N) is 4. The predicted octanol–water partition coefficient (Wildman–Crippen LogP) is 2.10. The first-order chi connectivity index (χ1) is 12.8. The molecule has 1 aliphatic heterocycles. The highest BCUT2D eigenvalue weighted by atomic mass is 32.2. The van der Waals surface area contributed by atoms with Crippen LogP contribution in [0.5, 0.6) is 0 Å². The van der Waals surface area contributed by atoms with Crippen molar-refractivity contribution in [2.45, 2.75) is 56.4 Å². The molecule has 1 aromatic heterocycles. The van der Waals surface area contributed by atoms with Crippen LogP contribution < -0.4 is 5.69 Å². The molecule has 1 aromatic carbocycles. The highest BCUT2D eigenvalue weighted by Gasteiger charge is 2.36. The number of sulfonamides is 1. The third-order valence-electron chi connectivity index (χ3n) is 5.66. The van der Waals surface area contributed by atoms with Crippen LogP contribution in [0.15, 0.2) is 27.9 Å². The molecule has 146 valence electrons. The maximum absolute atomic E-state index is 13.1. The first kappa shape index (κ1) is 18.4. The molecule has 1 saturated heterocycles. The maximum atomic E-state index is 13.1. The summed E-state index contributed by atoms with van der Waals surface area (Å²) in [5.74, 6) is 0.957. The van der Waals surface area contributed by atoms with Gasteiger partial charge < -0.3 is 0 Å². The minimum absolute atomic E-state index is 0.0576. The Balaban J connectivity index is 1.54. The monoisotopic (exact) mass is 390 g/mol. The molecular weight excluding hydrogens is 364 g/mol. The molecular formula is C19H26N4O3S. The highest BCUT2D eigenvalue weighted by molar-refractivity contribution is 7.89. The van der Waals surface area contributed by atoms with E-state index in [4.69, 9.17) is 0 Å². The summed E-state index contributed by atoms with van der Waals surface area (Å²) in [5, 5.41) is 4.46. The molecule has 0 N–H and O–H groups in total. The Morgan fingerprint density at radius 2 is 1.74 bits per heavy atom. The summed E-state index contributed by atoms with van der Waals surface area (Å²) in [6, 6.07) is 5.73. The number of aryl methyl sites for hydroxylation is 3. The van der Waals surface area contributed by atoms with Crippen LogP contribution in [-0.4, -0.2) is 40.2 Å². The van der Waals surface area contributed by atoms with Gasteiger partial charge >= 0.3 is 5.69 Å². The van der Waals surface area contributed by atoms with Gasteiger partial charge in [0.15, 0.2) is 0 Å². The van der Waals surface area contributed by atoms with Gasteiger partial charge in [0, 0.05) is 32.1 Å². The zero-order chi connectivity index (χ0) is 19.3. The lowest BCUT2D eigenvalue weighted by molar-refractivity contribution is 0.308. The standard InChI is InChI=1S/C19H26N4O3S/c1-13-4-7-17(14(2)12-13)27(25,26)22-10-8-15(9-11-22)18-20-21(3)19(24)23(18)16-5-6-16/h4,7,12,15-16H,5-6,8-11H2,1-3H3. The smallest absolute Gasteiger partial charge is 0.276 e. The van der Waals surface area contributed by atoms with E-state index in [0.717, 1.165) is 29.8 Å². The summed E-state index contributed by atoms with van der Waals surface area (Å²) in [5.41, 5.74) is 1.78. The molecule has 2 aliphatic rings. The van der Waals surface area contributed by atoms with E-state index in [2.05, 4.69) is 5.10 Å². The number of benzene rings is 1. The predicted molar refractivity (Wildman–Crippen MR) is 102 cm³/mol. The average molecular weight is 391 g/mol. The van der Waals surface area contributed by atoms with Gasteiger partial charge in [0.2, 0.25) is 10.0 Å². The number of rotatable bonds is 4. The van der Waals surface area contributed by atoms with E-state index in [9.17, 15) is 13.2 Å². The van der Waals surface area contributed by atoms with Crippen LogP contribution >= 0.6 is 0 Å². The normalized spacial score (nSPS) is 19.5. The van der Waals surface area contributed by atoms with Gasteiger partial charge in [0.25, 0.3) is 0 Å². The van der Waals surface area contributed by atoms with Gasteiger partial charge in [-0.15, -0.1) is 0 Å². The van der Waals surface area contributed by atoms with Crippen LogP contribution in [0.25, 0.3) is 0 Å². The van der Waals surface area contributed by atoms with E-state index in [1.165, 1.54) is 4.68 Å². The van der Waals surface area contributed by atoms with Crippen LogP contribution in [0.4, 0.5) is 0 Å². The Morgan fingerprint density at radius 3 is 2.33 bits per heavy atom. The second kappa shape index (κ2) is 6.60. The topological polar surface area (TPSA) is 77.2 Å². The van der Waals surface area contributed by atoms with E-state index in [1.807, 2.05) is 30.5 Å². The third-order valence-corrected chi connectivity index (χ3v) is 7.72. The summed E-state index contributed by atoms with van der Waals surface area (Å²) < 4.78 is 30.9. The second-order valence-corrected chi connectivity index (χ2v) is 9.72. The number of aromatic nitrogens is 3. The van der Waals surface area contributed by atoms with Gasteiger partial charge in [0.1, 0.15) is 5.82 Å². The first-order valence-electron chi connectivity index (χ1n) is 9.52. The van der Waals surface area contributed by atoms with Crippen LogP contribution in [0.3, 0.4) is 0 Å². The Bertz CT molecular complexity index is 1030. The van der Waals surface area contributed by atoms with E-state index in [1.54, 1.807) is 17.4 Å². The lowest BCUT2D eigenvalue weighted by Crippen LogP contribution is -2.38. The largest absolute Gasteiger partial charge is 0.345 e. The van der Waals surface area contributed by atoms with Gasteiger partial charge in [0.05, 0.1) is 4.90 Å². The minimum atomic E-state index is -3.49. The highest BCUT2D eigenvalue weighted by Crippen LogP contribution is 2.38. The first-order valence-corrected chi connectivity index (χ1v) is 11.0. The fraction of sp³-hybridized carbons (Fsp3) is 0.579. The minimum Gasteiger partial charge on any atom is -0.276 e. The molecule has 0 radical (unpaired) electrons. The molecule has 0 spiro atoms. The zero-order valence-electron chi connectivity index (χ0n) is 16.1. The van der Waals surface area contributed by atoms with Crippen molar-refractivity contribution >= 4 is 10.0 Å². The Labute approximate surface area is 159 Å². The fourth-order valence-electron chi connectivity index (χ4n) is 4.04. The van der Waals surface area contributed by atoms with Crippen molar-refractivity contribution in [3.8, 4) is 0 Å². The van der Waals surface area contributed by atoms with Crippen molar-refractivity contribution in [2.24, 2.45) is 7.05 Å². The molecule has 2 heterocycles. The fourth-order valence-corrected chi connectivity index (χ4v) is 5.71. The molecule has 0 bridgehead atoms. The SMILES string of the molecule is Cc1ccc(S(=O)(=O)N2CCC(c3nn(C)c(=O)n3C3CC3)CC2)c(C)c1. The van der Waals surface area contributed by atoms with E-state index in [0.29, 0.717) is 30.8 Å². The van der Waals surface area contributed by atoms with Crippen LogP contribution in [0, 0.1) is 13.8 Å². The van der Waals surface area contributed by atoms with Gasteiger partial charge in [-0.05, 0) is 51.2 Å². The lowest BCUT2D eigenvalue weighted by atomic mass is 9.97. The van der Waals surface area contributed by atoms with E-state index in [-0.39, 0.29) is 17.6 Å². The number of hydrogen-bond acceptors (Lipinski definition) is 4. The van der Waals surface area contributed by atoms with Crippen molar-refractivity contribution in [1.29, 1.82) is 0 Å². The summed E-state index contributed by atoms with van der Waals surface area (Å²) in [6.45, 7) is 4.71. The second-order valence-electron chi connectivity index (χ2n) is 7.81. The molecule has 4 rings (SSSR count). The molecule has 8 heteroatoms. The molecule has 2 fully saturated rings. The van der Waals surface area contributed by atoms with Crippen molar-refractivity contribution in [1.82, 2.24) is 18.7 Å². The summed E-state index contributed by atoms with van der Waals surface area (Å²) in [4.78, 5) is 12.7. The van der Waals surface area contributed by atoms with E-state index < -0.39 is 10.0 Å². The third kappa shape index (κ3) is 3.25. The van der Waals surface area contributed by atoms with Gasteiger partial charge in [-0.1, -0.05) is 17.7 Å². The summed E-state index contributed by atoms with van der Waals surface area (Å²) >= 11 is 0. The molecule has 0 amide bonds. The quantitative estimate of drug-likeness (QED) is 0.801. The van der Waals surface area contributed by atoms with Crippen LogP contribution in [0.2, 0.25) is 0 Å². The Hall–Kier alpha value is -1.93. The molecule has 0 unspecified atom stereocenters. The van der Waals surface area contributed by atoms with Crippen molar-refractivity contribution in [3.05, 3.63) is 45.6 Å². The zero-order valence-corrected chi connectivity index (χ0v) is 16.9. The molecule has 1 saturated carbocycles. The molecule has 0 atom stereocenters. The number of hydrogen-bond donors (Lipinski definition) is 0. The van der Waals surface area contributed by atoms with Gasteiger partial charge in [-0.25, -0.2) is 17.9 Å². The van der Waals surface area contributed by atoms with Gasteiger partial charge in [-0.3, -0.25) is 4.57 Å². The van der Waals surface area contributed by atoms with Gasteiger partial charge in [-0.2, -0.15) is 9.40 Å². The average Bonchev–Trinajstić information content (AvgIpc) is 3.41. The summed E-state index contributed by atoms with van der Waals surface area (Å²) in [7, 11) is -1.81. The van der Waals surface area contributed by atoms with Crippen LogP contribution in [0.1, 0.15) is 54.6 Å². The molecule has 2 aromatic rings. The van der Waals surface area contributed by atoms with Crippen molar-refractivity contribution in [2.75, 3.05) is 13.1 Å². The van der Waals surface area contributed by atoms with E-state index >= 15 is 0 Å². The van der Waals surface area contributed by atoms with Crippen molar-refractivity contribution < 1.29 is 8.42 Å². The molecule has 1 aliphatic carbocycles. The maximum Gasteiger partial charge on any atom is 0.345 e.